The Balaban J connectivity index is 1.29. The Morgan fingerprint density at radius 3 is 2.67 bits per heavy atom. The van der Waals surface area contributed by atoms with Crippen molar-refractivity contribution < 1.29 is 9.26 Å². The summed E-state index contributed by atoms with van der Waals surface area (Å²) in [6.45, 7) is 4.74. The number of pyridine rings is 1. The highest BCUT2D eigenvalue weighted by atomic mass is 16.5. The van der Waals surface area contributed by atoms with E-state index in [1.54, 1.807) is 13.3 Å². The van der Waals surface area contributed by atoms with Crippen molar-refractivity contribution in [2.24, 2.45) is 0 Å². The molecule has 0 N–H and O–H groups in total. The fraction of sp³-hybridized carbons (Fsp3) is 0.350. The molecule has 4 rings (SSSR count). The molecule has 1 aliphatic heterocycles. The van der Waals surface area contributed by atoms with E-state index in [9.17, 15) is 0 Å². The summed E-state index contributed by atoms with van der Waals surface area (Å²) in [5.74, 6) is 1.31. The second kappa shape index (κ2) is 8.18. The minimum Gasteiger partial charge on any atom is -0.481 e. The van der Waals surface area contributed by atoms with Gasteiger partial charge in [-0.2, -0.15) is 4.98 Å². The van der Waals surface area contributed by atoms with Crippen molar-refractivity contribution in [1.29, 1.82) is 0 Å². The lowest BCUT2D eigenvalue weighted by Crippen LogP contribution is -2.47. The number of hydrogen-bond donors (Lipinski definition) is 0. The van der Waals surface area contributed by atoms with E-state index in [4.69, 9.17) is 9.26 Å². The van der Waals surface area contributed by atoms with Gasteiger partial charge in [-0.3, -0.25) is 4.90 Å². The molecule has 1 saturated heterocycles. The fourth-order valence-electron chi connectivity index (χ4n) is 3.22. The van der Waals surface area contributed by atoms with Crippen LogP contribution >= 0.6 is 0 Å². The first kappa shape index (κ1) is 17.5. The van der Waals surface area contributed by atoms with Crippen molar-refractivity contribution in [1.82, 2.24) is 20.0 Å². The molecular weight excluding hydrogens is 342 g/mol. The Morgan fingerprint density at radius 1 is 1.07 bits per heavy atom. The number of piperazine rings is 1. The van der Waals surface area contributed by atoms with E-state index in [0.717, 1.165) is 44.7 Å². The van der Waals surface area contributed by atoms with Crippen LogP contribution in [-0.2, 0) is 6.42 Å². The normalized spacial score (nSPS) is 15.1. The van der Waals surface area contributed by atoms with Gasteiger partial charge in [0, 0.05) is 50.6 Å². The molecule has 7 heteroatoms. The van der Waals surface area contributed by atoms with Crippen molar-refractivity contribution in [2.75, 3.05) is 44.7 Å². The monoisotopic (exact) mass is 365 g/mol. The van der Waals surface area contributed by atoms with E-state index in [1.807, 2.05) is 42.5 Å². The highest BCUT2D eigenvalue weighted by Crippen LogP contribution is 2.20. The Bertz CT molecular complexity index is 860. The van der Waals surface area contributed by atoms with Crippen LogP contribution in [0.1, 0.15) is 5.56 Å². The number of rotatable bonds is 6. The van der Waals surface area contributed by atoms with Gasteiger partial charge in [-0.25, -0.2) is 4.98 Å². The van der Waals surface area contributed by atoms with Gasteiger partial charge in [0.25, 0.3) is 0 Å². The third kappa shape index (κ3) is 4.25. The lowest BCUT2D eigenvalue weighted by Gasteiger charge is -2.33. The summed E-state index contributed by atoms with van der Waals surface area (Å²) in [6, 6.07) is 14.5. The molecule has 7 nitrogen and oxygen atoms in total. The number of methoxy groups -OCH3 is 1. The van der Waals surface area contributed by atoms with Crippen LogP contribution < -0.4 is 9.64 Å². The summed E-state index contributed by atoms with van der Waals surface area (Å²) < 4.78 is 10.7. The standard InChI is InChI=1S/C20H23N5O2/c1-26-18-15-16(7-9-21-18)8-10-24-11-13-25(14-12-24)20-22-19(23-27-20)17-5-3-2-4-6-17/h2-7,9,15H,8,10-14H2,1H3. The fourth-order valence-corrected chi connectivity index (χ4v) is 3.22. The maximum atomic E-state index is 5.47. The van der Waals surface area contributed by atoms with Crippen molar-refractivity contribution in [3.8, 4) is 17.3 Å². The Labute approximate surface area is 158 Å². The number of nitrogens with zero attached hydrogens (tertiary/aromatic N) is 5. The highest BCUT2D eigenvalue weighted by Gasteiger charge is 2.21. The maximum Gasteiger partial charge on any atom is 0.324 e. The van der Waals surface area contributed by atoms with Gasteiger partial charge in [-0.15, -0.1) is 0 Å². The predicted molar refractivity (Wildman–Crippen MR) is 103 cm³/mol. The SMILES string of the molecule is COc1cc(CCN2CCN(c3nc(-c4ccccc4)no3)CC2)ccn1. The number of hydrogen-bond acceptors (Lipinski definition) is 7. The van der Waals surface area contributed by atoms with Crippen LogP contribution in [-0.4, -0.2) is 59.9 Å². The van der Waals surface area contributed by atoms with Crippen LogP contribution in [0.2, 0.25) is 0 Å². The maximum absolute atomic E-state index is 5.47. The van der Waals surface area contributed by atoms with Gasteiger partial charge in [-0.1, -0.05) is 35.5 Å². The quantitative estimate of drug-likeness (QED) is 0.665. The Morgan fingerprint density at radius 2 is 1.89 bits per heavy atom. The van der Waals surface area contributed by atoms with Crippen LogP contribution in [0.15, 0.2) is 53.2 Å². The zero-order valence-corrected chi connectivity index (χ0v) is 15.4. The first-order chi connectivity index (χ1) is 13.3. The van der Waals surface area contributed by atoms with E-state index in [1.165, 1.54) is 5.56 Å². The average molecular weight is 365 g/mol. The lowest BCUT2D eigenvalue weighted by atomic mass is 10.2. The second-order valence-electron chi connectivity index (χ2n) is 6.55. The van der Waals surface area contributed by atoms with Gasteiger partial charge in [0.05, 0.1) is 7.11 Å². The van der Waals surface area contributed by atoms with Crippen LogP contribution in [0.3, 0.4) is 0 Å². The van der Waals surface area contributed by atoms with Crippen molar-refractivity contribution >= 4 is 6.01 Å². The first-order valence-corrected chi connectivity index (χ1v) is 9.17. The number of anilines is 1. The number of benzene rings is 1. The molecule has 0 radical (unpaired) electrons. The molecule has 1 aliphatic rings. The van der Waals surface area contributed by atoms with Gasteiger partial charge >= 0.3 is 6.01 Å². The number of ether oxygens (including phenoxy) is 1. The highest BCUT2D eigenvalue weighted by molar-refractivity contribution is 5.55. The average Bonchev–Trinajstić information content (AvgIpc) is 3.24. The summed E-state index contributed by atoms with van der Waals surface area (Å²) >= 11 is 0. The molecule has 0 amide bonds. The van der Waals surface area contributed by atoms with E-state index in [2.05, 4.69) is 24.9 Å². The van der Waals surface area contributed by atoms with Crippen molar-refractivity contribution in [2.45, 2.75) is 6.42 Å². The minimum absolute atomic E-state index is 0.604. The van der Waals surface area contributed by atoms with Gasteiger partial charge in [0.1, 0.15) is 0 Å². The third-order valence-electron chi connectivity index (χ3n) is 4.82. The minimum atomic E-state index is 0.604. The summed E-state index contributed by atoms with van der Waals surface area (Å²) in [7, 11) is 1.64. The molecule has 3 heterocycles. The van der Waals surface area contributed by atoms with E-state index < -0.39 is 0 Å². The molecule has 0 atom stereocenters. The Hall–Kier alpha value is -2.93. The Kier molecular flexibility index (Phi) is 5.29. The van der Waals surface area contributed by atoms with Gasteiger partial charge in [-0.05, 0) is 18.1 Å². The van der Waals surface area contributed by atoms with Gasteiger partial charge in [0.15, 0.2) is 0 Å². The van der Waals surface area contributed by atoms with Crippen molar-refractivity contribution in [3.63, 3.8) is 0 Å². The second-order valence-corrected chi connectivity index (χ2v) is 6.55. The summed E-state index contributed by atoms with van der Waals surface area (Å²) in [6.07, 6.45) is 2.78. The van der Waals surface area contributed by atoms with E-state index in [0.29, 0.717) is 17.7 Å². The smallest absolute Gasteiger partial charge is 0.324 e. The zero-order valence-electron chi connectivity index (χ0n) is 15.4. The van der Waals surface area contributed by atoms with Crippen LogP contribution in [0, 0.1) is 0 Å². The number of aromatic nitrogens is 3. The first-order valence-electron chi connectivity index (χ1n) is 9.17. The largest absolute Gasteiger partial charge is 0.481 e. The summed E-state index contributed by atoms with van der Waals surface area (Å²) in [4.78, 5) is 13.3. The molecule has 27 heavy (non-hydrogen) atoms. The molecule has 0 unspecified atom stereocenters. The third-order valence-corrected chi connectivity index (χ3v) is 4.82. The summed E-state index contributed by atoms with van der Waals surface area (Å²) in [5.41, 5.74) is 2.22. The van der Waals surface area contributed by atoms with Crippen LogP contribution in [0.25, 0.3) is 11.4 Å². The molecule has 0 aliphatic carbocycles. The lowest BCUT2D eigenvalue weighted by molar-refractivity contribution is 0.253. The van der Waals surface area contributed by atoms with Crippen molar-refractivity contribution in [3.05, 3.63) is 54.2 Å². The zero-order chi connectivity index (χ0) is 18.5. The van der Waals surface area contributed by atoms with Crippen LogP contribution in [0.4, 0.5) is 6.01 Å². The molecule has 1 fully saturated rings. The molecule has 3 aromatic rings. The van der Waals surface area contributed by atoms with Crippen LogP contribution in [0.5, 0.6) is 5.88 Å². The molecule has 0 spiro atoms. The molecule has 1 aromatic carbocycles. The predicted octanol–water partition coefficient (Wildman–Crippen LogP) is 2.50. The van der Waals surface area contributed by atoms with E-state index in [-0.39, 0.29) is 0 Å². The van der Waals surface area contributed by atoms with Gasteiger partial charge in [0.2, 0.25) is 11.7 Å². The molecule has 2 aromatic heterocycles. The van der Waals surface area contributed by atoms with E-state index >= 15 is 0 Å². The molecule has 0 saturated carbocycles. The molecule has 0 bridgehead atoms. The molecule has 140 valence electrons. The van der Waals surface area contributed by atoms with Gasteiger partial charge < -0.3 is 14.2 Å². The topological polar surface area (TPSA) is 67.5 Å². The molecular formula is C20H23N5O2. The summed E-state index contributed by atoms with van der Waals surface area (Å²) in [5, 5.41) is 4.11.